The molecule has 0 saturated heterocycles. The van der Waals surface area contributed by atoms with Crippen molar-refractivity contribution in [3.05, 3.63) is 95.2 Å². The summed E-state index contributed by atoms with van der Waals surface area (Å²) in [6.07, 6.45) is 8.64. The number of carboxylic acids is 1. The number of nitrogens with one attached hydrogen (secondary N) is 1. The highest BCUT2D eigenvalue weighted by atomic mass is 32.2. The van der Waals surface area contributed by atoms with Gasteiger partial charge in [-0.3, -0.25) is 14.3 Å². The second kappa shape index (κ2) is 15.3. The molecule has 0 radical (unpaired) electrons. The van der Waals surface area contributed by atoms with E-state index >= 15 is 0 Å². The SMILES string of the molecule is CS(=O)(=O)NC(=O)Cn1cc(CCCC(=O)O)c2cccc(/C=C/c3ccc(OCCCCOc4cccc(F)c4F)cc3)c21. The van der Waals surface area contributed by atoms with E-state index in [2.05, 4.69) is 0 Å². The number of aliphatic carboxylic acids is 1. The van der Waals surface area contributed by atoms with Crippen molar-refractivity contribution in [2.24, 2.45) is 0 Å². The first-order valence-electron chi connectivity index (χ1n) is 14.3. The number of halogens is 2. The van der Waals surface area contributed by atoms with Crippen LogP contribution >= 0.6 is 0 Å². The average molecular weight is 641 g/mol. The van der Waals surface area contributed by atoms with Gasteiger partial charge in [0.25, 0.3) is 5.91 Å². The summed E-state index contributed by atoms with van der Waals surface area (Å²) in [5, 5.41) is 9.90. The summed E-state index contributed by atoms with van der Waals surface area (Å²) < 4.78 is 64.8. The number of aromatic nitrogens is 1. The summed E-state index contributed by atoms with van der Waals surface area (Å²) in [5.74, 6) is -2.97. The van der Waals surface area contributed by atoms with E-state index in [9.17, 15) is 26.8 Å². The molecule has 4 rings (SSSR count). The Morgan fingerprint density at radius 1 is 0.933 bits per heavy atom. The number of carboxylic acid groups (broad SMARTS) is 1. The van der Waals surface area contributed by atoms with Gasteiger partial charge in [0.05, 0.1) is 25.0 Å². The first-order chi connectivity index (χ1) is 21.5. The van der Waals surface area contributed by atoms with Crippen LogP contribution in [0.5, 0.6) is 11.5 Å². The third-order valence-electron chi connectivity index (χ3n) is 6.78. The number of hydrogen-bond acceptors (Lipinski definition) is 6. The number of amides is 1. The van der Waals surface area contributed by atoms with Gasteiger partial charge in [0.15, 0.2) is 11.6 Å². The zero-order valence-electron chi connectivity index (χ0n) is 24.7. The molecule has 9 nitrogen and oxygen atoms in total. The lowest BCUT2D eigenvalue weighted by Gasteiger charge is -2.09. The number of sulfonamides is 1. The molecule has 0 bridgehead atoms. The number of benzene rings is 3. The molecule has 0 spiro atoms. The predicted molar refractivity (Wildman–Crippen MR) is 167 cm³/mol. The highest BCUT2D eigenvalue weighted by Crippen LogP contribution is 2.28. The summed E-state index contributed by atoms with van der Waals surface area (Å²) >= 11 is 0. The number of aryl methyl sites for hydroxylation is 1. The Hall–Kier alpha value is -4.71. The number of nitrogens with zero attached hydrogens (tertiary/aromatic N) is 1. The molecular formula is C33H34F2N2O7S. The molecule has 3 aromatic carbocycles. The summed E-state index contributed by atoms with van der Waals surface area (Å²) in [4.78, 5) is 23.5. The zero-order chi connectivity index (χ0) is 32.4. The van der Waals surface area contributed by atoms with Crippen LogP contribution in [0.4, 0.5) is 8.78 Å². The lowest BCUT2D eigenvalue weighted by molar-refractivity contribution is -0.137. The van der Waals surface area contributed by atoms with Crippen LogP contribution in [-0.2, 0) is 32.6 Å². The third kappa shape index (κ3) is 9.90. The van der Waals surface area contributed by atoms with E-state index in [1.54, 1.807) is 10.8 Å². The molecule has 0 unspecified atom stereocenters. The molecule has 12 heteroatoms. The van der Waals surface area contributed by atoms with E-state index in [4.69, 9.17) is 14.6 Å². The number of hydrogen-bond donors (Lipinski definition) is 2. The van der Waals surface area contributed by atoms with Crippen LogP contribution in [0.25, 0.3) is 23.1 Å². The van der Waals surface area contributed by atoms with Crippen LogP contribution in [0, 0.1) is 11.6 Å². The Labute approximate surface area is 260 Å². The molecule has 45 heavy (non-hydrogen) atoms. The second-order valence-electron chi connectivity index (χ2n) is 10.4. The van der Waals surface area contributed by atoms with E-state index in [1.807, 2.05) is 59.3 Å². The van der Waals surface area contributed by atoms with Crippen molar-refractivity contribution in [3.8, 4) is 11.5 Å². The molecule has 0 aliphatic rings. The Balaban J connectivity index is 1.39. The van der Waals surface area contributed by atoms with Crippen molar-refractivity contribution in [1.29, 1.82) is 0 Å². The second-order valence-corrected chi connectivity index (χ2v) is 12.2. The molecule has 1 heterocycles. The van der Waals surface area contributed by atoms with Crippen molar-refractivity contribution in [3.63, 3.8) is 0 Å². The first kappa shape index (κ1) is 33.2. The summed E-state index contributed by atoms with van der Waals surface area (Å²) in [5.41, 5.74) is 3.28. The molecule has 1 amide bonds. The monoisotopic (exact) mass is 640 g/mol. The minimum absolute atomic E-state index is 0.00670. The van der Waals surface area contributed by atoms with E-state index in [-0.39, 0.29) is 25.3 Å². The standard InChI is InChI=1S/C33H34F2N2O7S/c1-45(41,42)36-30(38)22-37-21-25(8-5-12-31(39)40)27-9-4-7-24(33(27)37)16-13-23-14-17-26(18-15-23)43-19-2-3-20-44-29-11-6-10-28(34)32(29)35/h4,6-7,9-11,13-18,21H,2-3,5,8,12,19-20,22H2,1H3,(H,36,38)(H,39,40)/b16-13+. The van der Waals surface area contributed by atoms with Crippen LogP contribution in [0.1, 0.15) is 42.4 Å². The molecule has 0 fully saturated rings. The third-order valence-corrected chi connectivity index (χ3v) is 7.38. The van der Waals surface area contributed by atoms with E-state index in [0.29, 0.717) is 38.0 Å². The topological polar surface area (TPSA) is 124 Å². The minimum Gasteiger partial charge on any atom is -0.494 e. The molecule has 0 saturated carbocycles. The van der Waals surface area contributed by atoms with Gasteiger partial charge in [-0.15, -0.1) is 0 Å². The number of carbonyl (C=O) groups is 2. The minimum atomic E-state index is -3.73. The fraction of sp³-hybridized carbons (Fsp3) is 0.273. The number of carbonyl (C=O) groups excluding carboxylic acids is 1. The number of rotatable bonds is 16. The fourth-order valence-electron chi connectivity index (χ4n) is 4.78. The van der Waals surface area contributed by atoms with Crippen molar-refractivity contribution >= 4 is 45.0 Å². The quantitative estimate of drug-likeness (QED) is 0.117. The van der Waals surface area contributed by atoms with Gasteiger partial charge in [-0.1, -0.05) is 48.6 Å². The van der Waals surface area contributed by atoms with E-state index in [0.717, 1.165) is 39.9 Å². The molecule has 0 aliphatic heterocycles. The maximum Gasteiger partial charge on any atom is 0.303 e. The summed E-state index contributed by atoms with van der Waals surface area (Å²) in [6.45, 7) is 0.424. The van der Waals surface area contributed by atoms with Crippen LogP contribution in [0.3, 0.4) is 0 Å². The lowest BCUT2D eigenvalue weighted by atomic mass is 10.0. The van der Waals surface area contributed by atoms with Crippen molar-refractivity contribution in [2.75, 3.05) is 19.5 Å². The first-order valence-corrected chi connectivity index (χ1v) is 16.2. The Bertz CT molecular complexity index is 1780. The summed E-state index contributed by atoms with van der Waals surface area (Å²) in [7, 11) is -3.73. The van der Waals surface area contributed by atoms with Gasteiger partial charge in [-0.25, -0.2) is 12.8 Å². The maximum atomic E-state index is 13.6. The van der Waals surface area contributed by atoms with Gasteiger partial charge in [0.1, 0.15) is 12.3 Å². The largest absolute Gasteiger partial charge is 0.494 e. The maximum absolute atomic E-state index is 13.6. The predicted octanol–water partition coefficient (Wildman–Crippen LogP) is 5.81. The molecule has 1 aromatic heterocycles. The van der Waals surface area contributed by atoms with Gasteiger partial charge >= 0.3 is 5.97 Å². The number of unbranched alkanes of at least 4 members (excludes halogenated alkanes) is 1. The van der Waals surface area contributed by atoms with Crippen molar-refractivity contribution in [1.82, 2.24) is 9.29 Å². The summed E-state index contributed by atoms with van der Waals surface area (Å²) in [6, 6.07) is 16.9. The Morgan fingerprint density at radius 2 is 1.64 bits per heavy atom. The van der Waals surface area contributed by atoms with Crippen LogP contribution < -0.4 is 14.2 Å². The van der Waals surface area contributed by atoms with Gasteiger partial charge in [-0.05, 0) is 66.6 Å². The lowest BCUT2D eigenvalue weighted by Crippen LogP contribution is -2.32. The molecular weight excluding hydrogens is 606 g/mol. The van der Waals surface area contributed by atoms with Crippen LogP contribution in [0.15, 0.2) is 66.9 Å². The molecule has 0 atom stereocenters. The van der Waals surface area contributed by atoms with Crippen molar-refractivity contribution in [2.45, 2.75) is 38.6 Å². The fourth-order valence-corrected chi connectivity index (χ4v) is 5.26. The molecule has 0 aliphatic carbocycles. The average Bonchev–Trinajstić information content (AvgIpc) is 3.32. The normalized spacial score (nSPS) is 11.6. The smallest absolute Gasteiger partial charge is 0.303 e. The van der Waals surface area contributed by atoms with Gasteiger partial charge in [-0.2, -0.15) is 4.39 Å². The van der Waals surface area contributed by atoms with E-state index < -0.39 is 33.5 Å². The van der Waals surface area contributed by atoms with Crippen molar-refractivity contribution < 1.29 is 41.4 Å². The van der Waals surface area contributed by atoms with Gasteiger partial charge in [0.2, 0.25) is 15.8 Å². The molecule has 4 aromatic rings. The van der Waals surface area contributed by atoms with Gasteiger partial charge in [0, 0.05) is 18.0 Å². The number of para-hydroxylation sites is 1. The van der Waals surface area contributed by atoms with Crippen LogP contribution in [-0.4, -0.2) is 49.4 Å². The zero-order valence-corrected chi connectivity index (χ0v) is 25.5. The Morgan fingerprint density at radius 3 is 2.36 bits per heavy atom. The number of fused-ring (bicyclic) bond motifs is 1. The molecule has 238 valence electrons. The van der Waals surface area contributed by atoms with Crippen LogP contribution in [0.2, 0.25) is 0 Å². The molecule has 2 N–H and O–H groups in total. The van der Waals surface area contributed by atoms with E-state index in [1.165, 1.54) is 12.1 Å². The Kier molecular flexibility index (Phi) is 11.3. The highest BCUT2D eigenvalue weighted by Gasteiger charge is 2.16. The van der Waals surface area contributed by atoms with Gasteiger partial charge < -0.3 is 19.1 Å². The highest BCUT2D eigenvalue weighted by molar-refractivity contribution is 7.89. The number of ether oxygens (including phenoxy) is 2.